The Morgan fingerprint density at radius 3 is 2.77 bits per heavy atom. The number of thioether (sulfide) groups is 1. The molecule has 0 aromatic heterocycles. The van der Waals surface area contributed by atoms with Crippen LogP contribution in [0.1, 0.15) is 18.9 Å². The molecule has 0 saturated heterocycles. The predicted molar refractivity (Wildman–Crippen MR) is 58.4 cm³/mol. The van der Waals surface area contributed by atoms with Gasteiger partial charge in [0.15, 0.2) is 0 Å². The van der Waals surface area contributed by atoms with Crippen LogP contribution in [-0.4, -0.2) is 10.9 Å². The van der Waals surface area contributed by atoms with Crippen LogP contribution in [0.15, 0.2) is 23.1 Å². The SMILES string of the molecule is CCCSc1ccc(CO)c(Cl)c1. The number of hydrogen-bond acceptors (Lipinski definition) is 2. The molecule has 0 atom stereocenters. The summed E-state index contributed by atoms with van der Waals surface area (Å²) in [6.45, 7) is 2.16. The average molecular weight is 217 g/mol. The number of benzene rings is 1. The molecule has 0 saturated carbocycles. The molecule has 1 rings (SSSR count). The van der Waals surface area contributed by atoms with Gasteiger partial charge in [-0.3, -0.25) is 0 Å². The summed E-state index contributed by atoms with van der Waals surface area (Å²) in [5.41, 5.74) is 0.794. The molecule has 72 valence electrons. The van der Waals surface area contributed by atoms with Gasteiger partial charge in [0.25, 0.3) is 0 Å². The third-order valence-corrected chi connectivity index (χ3v) is 3.22. The van der Waals surface area contributed by atoms with Crippen molar-refractivity contribution in [3.63, 3.8) is 0 Å². The Bertz CT molecular complexity index is 276. The van der Waals surface area contributed by atoms with E-state index in [0.717, 1.165) is 17.7 Å². The van der Waals surface area contributed by atoms with Crippen molar-refractivity contribution in [2.24, 2.45) is 0 Å². The fraction of sp³-hybridized carbons (Fsp3) is 0.400. The van der Waals surface area contributed by atoms with Crippen molar-refractivity contribution in [1.82, 2.24) is 0 Å². The van der Waals surface area contributed by atoms with Crippen molar-refractivity contribution in [2.75, 3.05) is 5.75 Å². The van der Waals surface area contributed by atoms with Crippen molar-refractivity contribution in [3.05, 3.63) is 28.8 Å². The maximum Gasteiger partial charge on any atom is 0.0696 e. The Hall–Kier alpha value is -0.180. The van der Waals surface area contributed by atoms with E-state index >= 15 is 0 Å². The number of halogens is 1. The van der Waals surface area contributed by atoms with Crippen LogP contribution in [0, 0.1) is 0 Å². The van der Waals surface area contributed by atoms with Crippen molar-refractivity contribution in [2.45, 2.75) is 24.8 Å². The highest BCUT2D eigenvalue weighted by Crippen LogP contribution is 2.25. The fourth-order valence-electron chi connectivity index (χ4n) is 0.966. The Morgan fingerprint density at radius 1 is 1.46 bits per heavy atom. The minimum atomic E-state index is 0.0115. The normalized spacial score (nSPS) is 10.4. The molecule has 1 aromatic rings. The number of hydrogen-bond donors (Lipinski definition) is 1. The molecule has 3 heteroatoms. The molecule has 13 heavy (non-hydrogen) atoms. The van der Waals surface area contributed by atoms with Gasteiger partial charge in [-0.15, -0.1) is 11.8 Å². The second-order valence-corrected chi connectivity index (χ2v) is 4.34. The smallest absolute Gasteiger partial charge is 0.0696 e. The first kappa shape index (κ1) is 10.9. The zero-order valence-electron chi connectivity index (χ0n) is 7.59. The van der Waals surface area contributed by atoms with Crippen molar-refractivity contribution in [3.8, 4) is 0 Å². The third kappa shape index (κ3) is 3.22. The zero-order chi connectivity index (χ0) is 9.68. The molecule has 1 aromatic carbocycles. The molecule has 0 aliphatic heterocycles. The van der Waals surface area contributed by atoms with Gasteiger partial charge >= 0.3 is 0 Å². The van der Waals surface area contributed by atoms with Gasteiger partial charge in [-0.25, -0.2) is 0 Å². The number of aliphatic hydroxyl groups is 1. The van der Waals surface area contributed by atoms with E-state index in [2.05, 4.69) is 6.92 Å². The molecule has 0 aliphatic rings. The lowest BCUT2D eigenvalue weighted by Gasteiger charge is -2.03. The predicted octanol–water partition coefficient (Wildman–Crippen LogP) is 3.33. The van der Waals surface area contributed by atoms with E-state index in [1.54, 1.807) is 11.8 Å². The van der Waals surface area contributed by atoms with Crippen molar-refractivity contribution in [1.29, 1.82) is 0 Å². The van der Waals surface area contributed by atoms with Crippen LogP contribution in [0.4, 0.5) is 0 Å². The van der Waals surface area contributed by atoms with E-state index in [0.29, 0.717) is 5.02 Å². The van der Waals surface area contributed by atoms with Crippen LogP contribution in [-0.2, 0) is 6.61 Å². The summed E-state index contributed by atoms with van der Waals surface area (Å²) in [7, 11) is 0. The van der Waals surface area contributed by atoms with E-state index in [9.17, 15) is 0 Å². The number of aliphatic hydroxyl groups excluding tert-OH is 1. The summed E-state index contributed by atoms with van der Waals surface area (Å²) >= 11 is 7.72. The topological polar surface area (TPSA) is 20.2 Å². The minimum absolute atomic E-state index is 0.0115. The molecule has 0 heterocycles. The van der Waals surface area contributed by atoms with Crippen LogP contribution < -0.4 is 0 Å². The first-order valence-corrected chi connectivity index (χ1v) is 5.66. The standard InChI is InChI=1S/C10H13ClOS/c1-2-5-13-9-4-3-8(7-12)10(11)6-9/h3-4,6,12H,2,5,7H2,1H3. The second-order valence-electron chi connectivity index (χ2n) is 2.76. The van der Waals surface area contributed by atoms with E-state index in [1.165, 1.54) is 4.90 Å². The van der Waals surface area contributed by atoms with Crippen molar-refractivity contribution < 1.29 is 5.11 Å². The first-order valence-electron chi connectivity index (χ1n) is 4.30. The summed E-state index contributed by atoms with van der Waals surface area (Å²) < 4.78 is 0. The average Bonchev–Trinajstić information content (AvgIpc) is 2.15. The Morgan fingerprint density at radius 2 is 2.23 bits per heavy atom. The quantitative estimate of drug-likeness (QED) is 0.780. The highest BCUT2D eigenvalue weighted by atomic mass is 35.5. The Labute approximate surface area is 88.1 Å². The molecule has 0 spiro atoms. The van der Waals surface area contributed by atoms with Crippen molar-refractivity contribution >= 4 is 23.4 Å². The summed E-state index contributed by atoms with van der Waals surface area (Å²) in [5.74, 6) is 1.11. The van der Waals surface area contributed by atoms with Gasteiger partial charge < -0.3 is 5.11 Å². The Balaban J connectivity index is 2.71. The van der Waals surface area contributed by atoms with Crippen LogP contribution in [0.5, 0.6) is 0 Å². The van der Waals surface area contributed by atoms with Gasteiger partial charge in [-0.05, 0) is 29.9 Å². The van der Waals surface area contributed by atoms with Gasteiger partial charge in [0.05, 0.1) is 6.61 Å². The third-order valence-electron chi connectivity index (χ3n) is 1.67. The maximum absolute atomic E-state index is 8.89. The lowest BCUT2D eigenvalue weighted by atomic mass is 10.2. The fourth-order valence-corrected chi connectivity index (χ4v) is 2.08. The molecule has 0 aliphatic carbocycles. The van der Waals surface area contributed by atoms with Gasteiger partial charge in [0, 0.05) is 9.92 Å². The largest absolute Gasteiger partial charge is 0.392 e. The Kier molecular flexibility index (Phi) is 4.64. The van der Waals surface area contributed by atoms with Crippen LogP contribution in [0.25, 0.3) is 0 Å². The van der Waals surface area contributed by atoms with Gasteiger partial charge in [-0.1, -0.05) is 24.6 Å². The summed E-state index contributed by atoms with van der Waals surface area (Å²) in [6, 6.07) is 5.78. The summed E-state index contributed by atoms with van der Waals surface area (Å²) in [6.07, 6.45) is 1.16. The molecule has 0 radical (unpaired) electrons. The van der Waals surface area contributed by atoms with Gasteiger partial charge in [-0.2, -0.15) is 0 Å². The van der Waals surface area contributed by atoms with Crippen LogP contribution in [0.2, 0.25) is 5.02 Å². The summed E-state index contributed by atoms with van der Waals surface area (Å²) in [4.78, 5) is 1.17. The molecule has 0 amide bonds. The van der Waals surface area contributed by atoms with E-state index in [4.69, 9.17) is 16.7 Å². The monoisotopic (exact) mass is 216 g/mol. The highest BCUT2D eigenvalue weighted by molar-refractivity contribution is 7.99. The lowest BCUT2D eigenvalue weighted by Crippen LogP contribution is -1.85. The molecular formula is C10H13ClOS. The highest BCUT2D eigenvalue weighted by Gasteiger charge is 2.00. The van der Waals surface area contributed by atoms with E-state index < -0.39 is 0 Å². The van der Waals surface area contributed by atoms with Gasteiger partial charge in [0.1, 0.15) is 0 Å². The van der Waals surface area contributed by atoms with Crippen LogP contribution >= 0.6 is 23.4 Å². The van der Waals surface area contributed by atoms with Crippen LogP contribution in [0.3, 0.4) is 0 Å². The second kappa shape index (κ2) is 5.53. The molecule has 1 nitrogen and oxygen atoms in total. The van der Waals surface area contributed by atoms with E-state index in [-0.39, 0.29) is 6.61 Å². The molecule has 0 unspecified atom stereocenters. The summed E-state index contributed by atoms with van der Waals surface area (Å²) in [5, 5.41) is 9.55. The molecule has 1 N–H and O–H groups in total. The van der Waals surface area contributed by atoms with E-state index in [1.807, 2.05) is 18.2 Å². The zero-order valence-corrected chi connectivity index (χ0v) is 9.16. The molecular weight excluding hydrogens is 204 g/mol. The maximum atomic E-state index is 8.89. The first-order chi connectivity index (χ1) is 6.27. The lowest BCUT2D eigenvalue weighted by molar-refractivity contribution is 0.282. The molecule has 0 fully saturated rings. The number of rotatable bonds is 4. The van der Waals surface area contributed by atoms with Gasteiger partial charge in [0.2, 0.25) is 0 Å². The minimum Gasteiger partial charge on any atom is -0.392 e. The molecule has 0 bridgehead atoms.